The molecule has 2 aliphatic heterocycles. The molecule has 2 saturated heterocycles. The maximum Gasteiger partial charge on any atom is 0.0579 e. The molecule has 0 spiro atoms. The number of ether oxygens (including phenoxy) is 1. The van der Waals surface area contributed by atoms with Crippen LogP contribution in [0.1, 0.15) is 18.4 Å². The minimum absolute atomic E-state index is 0.0145. The zero-order valence-electron chi connectivity index (χ0n) is 11.9. The van der Waals surface area contributed by atoms with Gasteiger partial charge in [-0.05, 0) is 18.4 Å². The summed E-state index contributed by atoms with van der Waals surface area (Å²) >= 11 is 0. The Morgan fingerprint density at radius 3 is 2.40 bits per heavy atom. The van der Waals surface area contributed by atoms with Crippen LogP contribution >= 0.6 is 0 Å². The molecule has 0 atom stereocenters. The first kappa shape index (κ1) is 13.8. The van der Waals surface area contributed by atoms with Crippen molar-refractivity contribution >= 4 is 6.08 Å². The first-order valence-corrected chi connectivity index (χ1v) is 7.45. The molecule has 0 aromatic heterocycles. The number of hydrogen-bond acceptors (Lipinski definition) is 3. The molecule has 1 aromatic rings. The lowest BCUT2D eigenvalue weighted by atomic mass is 9.85. The van der Waals surface area contributed by atoms with Crippen molar-refractivity contribution in [3.8, 4) is 0 Å². The summed E-state index contributed by atoms with van der Waals surface area (Å²) in [6.07, 6.45) is 4.60. The molecule has 0 bridgehead atoms. The topological polar surface area (TPSA) is 32.7 Å². The maximum absolute atomic E-state index is 9.50. The molecule has 3 rings (SSSR count). The summed E-state index contributed by atoms with van der Waals surface area (Å²) in [5.74, 6) is 0. The number of hydrogen-bond donors (Lipinski definition) is 1. The summed E-state index contributed by atoms with van der Waals surface area (Å²) in [6.45, 7) is 4.85. The molecule has 108 valence electrons. The van der Waals surface area contributed by atoms with Crippen molar-refractivity contribution in [2.75, 3.05) is 39.5 Å². The average Bonchev–Trinajstić information content (AvgIpc) is 2.46. The van der Waals surface area contributed by atoms with Gasteiger partial charge in [0, 0.05) is 19.6 Å². The van der Waals surface area contributed by atoms with E-state index in [9.17, 15) is 5.11 Å². The highest BCUT2D eigenvalue weighted by atomic mass is 16.5. The second kappa shape index (κ2) is 6.08. The van der Waals surface area contributed by atoms with Crippen LogP contribution in [0, 0.1) is 5.41 Å². The van der Waals surface area contributed by atoms with Crippen LogP contribution in [0.2, 0.25) is 0 Å². The monoisotopic (exact) mass is 273 g/mol. The molecule has 0 radical (unpaired) electrons. The Labute approximate surface area is 120 Å². The predicted molar refractivity (Wildman–Crippen MR) is 80.4 cm³/mol. The van der Waals surface area contributed by atoms with Crippen LogP contribution in [0.15, 0.2) is 35.9 Å². The van der Waals surface area contributed by atoms with Gasteiger partial charge in [-0.15, -0.1) is 0 Å². The number of nitrogens with zero attached hydrogens (tertiary/aromatic N) is 1. The average molecular weight is 273 g/mol. The summed E-state index contributed by atoms with van der Waals surface area (Å²) in [7, 11) is 0. The van der Waals surface area contributed by atoms with Gasteiger partial charge in [-0.1, -0.05) is 42.0 Å². The summed E-state index contributed by atoms with van der Waals surface area (Å²) in [4.78, 5) is 2.47. The number of rotatable bonds is 4. The molecule has 0 amide bonds. The van der Waals surface area contributed by atoms with Gasteiger partial charge in [-0.3, -0.25) is 0 Å². The summed E-state index contributed by atoms with van der Waals surface area (Å²) in [6, 6.07) is 10.5. The Morgan fingerprint density at radius 1 is 1.15 bits per heavy atom. The van der Waals surface area contributed by atoms with Crippen LogP contribution < -0.4 is 0 Å². The molecule has 1 N–H and O–H groups in total. The largest absolute Gasteiger partial charge is 0.396 e. The molecule has 2 fully saturated rings. The zero-order chi connectivity index (χ0) is 13.8. The normalized spacial score (nSPS) is 22.4. The minimum atomic E-state index is 0.0145. The van der Waals surface area contributed by atoms with Crippen molar-refractivity contribution < 1.29 is 9.84 Å². The van der Waals surface area contributed by atoms with E-state index in [1.165, 1.54) is 11.1 Å². The highest BCUT2D eigenvalue weighted by Crippen LogP contribution is 2.30. The smallest absolute Gasteiger partial charge is 0.0579 e. The van der Waals surface area contributed by atoms with E-state index in [4.69, 9.17) is 4.74 Å². The third-order valence-electron chi connectivity index (χ3n) is 4.38. The van der Waals surface area contributed by atoms with Crippen molar-refractivity contribution in [3.63, 3.8) is 0 Å². The summed E-state index contributed by atoms with van der Waals surface area (Å²) in [5, 5.41) is 9.50. The van der Waals surface area contributed by atoms with Gasteiger partial charge in [0.2, 0.25) is 0 Å². The number of benzene rings is 1. The molecule has 2 heterocycles. The fourth-order valence-electron chi connectivity index (χ4n) is 3.03. The molecule has 3 heteroatoms. The van der Waals surface area contributed by atoms with E-state index in [1.54, 1.807) is 0 Å². The van der Waals surface area contributed by atoms with Gasteiger partial charge in [0.25, 0.3) is 0 Å². The third-order valence-corrected chi connectivity index (χ3v) is 4.38. The first-order chi connectivity index (χ1) is 9.80. The van der Waals surface area contributed by atoms with Crippen molar-refractivity contribution in [1.82, 2.24) is 4.90 Å². The quantitative estimate of drug-likeness (QED) is 0.912. The molecule has 20 heavy (non-hydrogen) atoms. The van der Waals surface area contributed by atoms with E-state index < -0.39 is 0 Å². The molecule has 0 saturated carbocycles. The molecule has 0 unspecified atom stereocenters. The Kier molecular flexibility index (Phi) is 4.20. The maximum atomic E-state index is 9.50. The van der Waals surface area contributed by atoms with E-state index >= 15 is 0 Å². The van der Waals surface area contributed by atoms with Crippen LogP contribution in [0.25, 0.3) is 6.08 Å². The molecular formula is C17H23NO2. The molecule has 0 aliphatic carbocycles. The van der Waals surface area contributed by atoms with E-state index in [0.717, 1.165) is 32.5 Å². The SMILES string of the molecule is OCC1(CN2CCC(=Cc3ccccc3)CC2)COC1. The van der Waals surface area contributed by atoms with Crippen molar-refractivity contribution in [3.05, 3.63) is 41.5 Å². The summed E-state index contributed by atoms with van der Waals surface area (Å²) < 4.78 is 5.27. The van der Waals surface area contributed by atoms with Gasteiger partial charge < -0.3 is 14.7 Å². The van der Waals surface area contributed by atoms with Crippen LogP contribution in [-0.2, 0) is 4.74 Å². The van der Waals surface area contributed by atoms with Crippen molar-refractivity contribution in [2.45, 2.75) is 12.8 Å². The van der Waals surface area contributed by atoms with Crippen LogP contribution in [0.3, 0.4) is 0 Å². The van der Waals surface area contributed by atoms with E-state index in [2.05, 4.69) is 41.3 Å². The summed E-state index contributed by atoms with van der Waals surface area (Å²) in [5.41, 5.74) is 2.85. The van der Waals surface area contributed by atoms with Crippen molar-refractivity contribution in [1.29, 1.82) is 0 Å². The van der Waals surface area contributed by atoms with E-state index in [-0.39, 0.29) is 12.0 Å². The highest BCUT2D eigenvalue weighted by molar-refractivity contribution is 5.52. The van der Waals surface area contributed by atoms with Gasteiger partial charge >= 0.3 is 0 Å². The van der Waals surface area contributed by atoms with Gasteiger partial charge in [0.15, 0.2) is 0 Å². The molecular weight excluding hydrogens is 250 g/mol. The fourth-order valence-corrected chi connectivity index (χ4v) is 3.03. The van der Waals surface area contributed by atoms with Gasteiger partial charge in [-0.2, -0.15) is 0 Å². The second-order valence-corrected chi connectivity index (χ2v) is 6.14. The number of aliphatic hydroxyl groups is 1. The lowest BCUT2D eigenvalue weighted by Gasteiger charge is -2.44. The van der Waals surface area contributed by atoms with Crippen LogP contribution in [-0.4, -0.2) is 49.5 Å². The molecule has 2 aliphatic rings. The predicted octanol–water partition coefficient (Wildman–Crippen LogP) is 2.17. The van der Waals surface area contributed by atoms with Crippen LogP contribution in [0.4, 0.5) is 0 Å². The van der Waals surface area contributed by atoms with E-state index in [1.807, 2.05) is 0 Å². The van der Waals surface area contributed by atoms with Crippen LogP contribution in [0.5, 0.6) is 0 Å². The fraction of sp³-hybridized carbons (Fsp3) is 0.529. The van der Waals surface area contributed by atoms with Gasteiger partial charge in [-0.25, -0.2) is 0 Å². The zero-order valence-corrected chi connectivity index (χ0v) is 11.9. The van der Waals surface area contributed by atoms with Crippen molar-refractivity contribution in [2.24, 2.45) is 5.41 Å². The van der Waals surface area contributed by atoms with E-state index in [0.29, 0.717) is 13.2 Å². The standard InChI is InChI=1S/C17H23NO2/c19-12-17(13-20-14-17)11-18-8-6-16(7-9-18)10-15-4-2-1-3-5-15/h1-5,10,19H,6-9,11-14H2. The third kappa shape index (κ3) is 3.11. The second-order valence-electron chi connectivity index (χ2n) is 6.14. The van der Waals surface area contributed by atoms with Gasteiger partial charge in [0.05, 0.1) is 25.2 Å². The molecule has 3 nitrogen and oxygen atoms in total. The Balaban J connectivity index is 1.53. The minimum Gasteiger partial charge on any atom is -0.396 e. The Morgan fingerprint density at radius 2 is 1.85 bits per heavy atom. The van der Waals surface area contributed by atoms with Gasteiger partial charge in [0.1, 0.15) is 0 Å². The lowest BCUT2D eigenvalue weighted by Crippen LogP contribution is -2.54. The first-order valence-electron chi connectivity index (χ1n) is 7.45. The number of likely N-dealkylation sites (tertiary alicyclic amines) is 1. The Bertz CT molecular complexity index is 450. The number of piperidine rings is 1. The highest BCUT2D eigenvalue weighted by Gasteiger charge is 2.39. The molecule has 1 aromatic carbocycles. The number of aliphatic hydroxyl groups excluding tert-OH is 1. The Hall–Kier alpha value is -1.16. The lowest BCUT2D eigenvalue weighted by molar-refractivity contribution is -0.148.